The van der Waals surface area contributed by atoms with Crippen LogP contribution < -0.4 is 4.74 Å². The molecule has 7 nitrogen and oxygen atoms in total. The molecule has 1 aromatic carbocycles. The van der Waals surface area contributed by atoms with Gasteiger partial charge in [-0.05, 0) is 43.2 Å². The summed E-state index contributed by atoms with van der Waals surface area (Å²) < 4.78 is 15.8. The molecule has 2 saturated heterocycles. The summed E-state index contributed by atoms with van der Waals surface area (Å²) in [6, 6.07) is 5.76. The van der Waals surface area contributed by atoms with E-state index in [4.69, 9.17) is 19.2 Å². The number of carbonyl (C=O) groups is 1. The molecule has 4 atom stereocenters. The fourth-order valence-corrected chi connectivity index (χ4v) is 5.68. The molecule has 0 saturated carbocycles. The van der Waals surface area contributed by atoms with Crippen molar-refractivity contribution in [1.82, 2.24) is 4.90 Å². The highest BCUT2D eigenvalue weighted by Gasteiger charge is 2.52. The summed E-state index contributed by atoms with van der Waals surface area (Å²) in [5.41, 5.74) is 1.88. The number of ether oxygens (including phenoxy) is 3. The summed E-state index contributed by atoms with van der Waals surface area (Å²) in [7, 11) is 4.59. The van der Waals surface area contributed by atoms with Crippen molar-refractivity contribution in [2.75, 3.05) is 34.4 Å². The lowest BCUT2D eigenvalue weighted by Gasteiger charge is -2.43. The Kier molecular flexibility index (Phi) is 6.08. The maximum absolute atomic E-state index is 12.5. The van der Waals surface area contributed by atoms with Crippen LogP contribution in [0.5, 0.6) is 5.75 Å². The molecule has 3 aliphatic heterocycles. The number of nitrogens with zero attached hydrogens (tertiary/aromatic N) is 2. The molecule has 1 N–H and O–H groups in total. The van der Waals surface area contributed by atoms with Crippen LogP contribution in [-0.2, 0) is 19.9 Å². The number of fused-ring (bicyclic) bond motifs is 5. The molecule has 1 aromatic rings. The van der Waals surface area contributed by atoms with E-state index in [9.17, 15) is 9.90 Å². The van der Waals surface area contributed by atoms with Gasteiger partial charge in [0.15, 0.2) is 0 Å². The lowest BCUT2D eigenvalue weighted by Crippen LogP contribution is -2.56. The van der Waals surface area contributed by atoms with Crippen LogP contribution in [0.3, 0.4) is 0 Å². The van der Waals surface area contributed by atoms with Gasteiger partial charge in [0.2, 0.25) is 0 Å². The number of aliphatic hydroxyl groups is 1. The lowest BCUT2D eigenvalue weighted by atomic mass is 9.78. The molecule has 0 radical (unpaired) electrons. The molecule has 0 spiro atoms. The molecule has 0 aliphatic carbocycles. The van der Waals surface area contributed by atoms with Crippen molar-refractivity contribution in [2.24, 2.45) is 16.8 Å². The minimum atomic E-state index is -1.10. The van der Waals surface area contributed by atoms with Gasteiger partial charge in [-0.1, -0.05) is 19.4 Å². The summed E-state index contributed by atoms with van der Waals surface area (Å²) in [6.45, 7) is 3.77. The third-order valence-corrected chi connectivity index (χ3v) is 7.20. The van der Waals surface area contributed by atoms with Crippen molar-refractivity contribution in [2.45, 2.75) is 44.2 Å². The van der Waals surface area contributed by atoms with Crippen LogP contribution in [0, 0.1) is 11.8 Å². The summed E-state index contributed by atoms with van der Waals surface area (Å²) in [5, 5.41) is 11.8. The average molecular weight is 429 g/mol. The Bertz CT molecular complexity index is 911. The predicted molar refractivity (Wildman–Crippen MR) is 118 cm³/mol. The highest BCUT2D eigenvalue weighted by molar-refractivity contribution is 6.05. The summed E-state index contributed by atoms with van der Waals surface area (Å²) in [5.74, 6) is 0.670. The Labute approximate surface area is 183 Å². The van der Waals surface area contributed by atoms with E-state index >= 15 is 0 Å². The van der Waals surface area contributed by atoms with Crippen LogP contribution in [0.25, 0.3) is 0 Å². The van der Waals surface area contributed by atoms with Crippen molar-refractivity contribution in [3.8, 4) is 5.75 Å². The van der Waals surface area contributed by atoms with E-state index in [-0.39, 0.29) is 23.8 Å². The second kappa shape index (κ2) is 8.63. The third-order valence-electron chi connectivity index (χ3n) is 7.20. The van der Waals surface area contributed by atoms with E-state index in [1.165, 1.54) is 13.4 Å². The smallest absolute Gasteiger partial charge is 0.337 e. The number of methoxy groups -OCH3 is 3. The standard InChI is InChI=1S/C24H32N2O5/c1-5-15-13-26-12-11-24(28)21-18(7-6-8-20(21)30-3)25-22(24)19(26)10-9-16(15)17(14-29-2)23(27)31-4/h6-8,14-16,19,28H,5,9-13H2,1-4H3/b17-14+/t15?,16?,19?,24-/m0/s1. The molecule has 7 heteroatoms. The van der Waals surface area contributed by atoms with E-state index < -0.39 is 5.60 Å². The Morgan fingerprint density at radius 3 is 2.81 bits per heavy atom. The zero-order valence-electron chi connectivity index (χ0n) is 18.8. The van der Waals surface area contributed by atoms with Gasteiger partial charge in [-0.2, -0.15) is 0 Å². The van der Waals surface area contributed by atoms with Crippen molar-refractivity contribution >= 4 is 17.4 Å². The second-order valence-corrected chi connectivity index (χ2v) is 8.63. The summed E-state index contributed by atoms with van der Waals surface area (Å²) in [4.78, 5) is 19.8. The van der Waals surface area contributed by atoms with Crippen LogP contribution in [-0.4, -0.2) is 62.1 Å². The zero-order valence-corrected chi connectivity index (χ0v) is 18.8. The molecular weight excluding hydrogens is 396 g/mol. The van der Waals surface area contributed by atoms with Gasteiger partial charge < -0.3 is 19.3 Å². The molecule has 3 unspecified atom stereocenters. The van der Waals surface area contributed by atoms with Crippen molar-refractivity contribution in [3.63, 3.8) is 0 Å². The second-order valence-electron chi connectivity index (χ2n) is 8.63. The number of hydrogen-bond donors (Lipinski definition) is 1. The molecule has 4 rings (SSSR count). The Hall–Kier alpha value is -2.38. The number of piperidine rings is 1. The number of benzene rings is 1. The maximum atomic E-state index is 12.5. The molecule has 3 aliphatic rings. The lowest BCUT2D eigenvalue weighted by molar-refractivity contribution is -0.137. The number of rotatable bonds is 5. The molecule has 0 bridgehead atoms. The Balaban J connectivity index is 1.68. The maximum Gasteiger partial charge on any atom is 0.337 e. The molecule has 2 fully saturated rings. The monoisotopic (exact) mass is 428 g/mol. The zero-order chi connectivity index (χ0) is 22.2. The largest absolute Gasteiger partial charge is 0.504 e. The minimum absolute atomic E-state index is 0.0244. The fraction of sp³-hybridized carbons (Fsp3) is 0.583. The topological polar surface area (TPSA) is 80.6 Å². The van der Waals surface area contributed by atoms with Crippen LogP contribution in [0.4, 0.5) is 5.69 Å². The number of esters is 1. The minimum Gasteiger partial charge on any atom is -0.504 e. The number of aliphatic imine (C=N–C) groups is 1. The summed E-state index contributed by atoms with van der Waals surface area (Å²) >= 11 is 0. The first-order chi connectivity index (χ1) is 15.0. The van der Waals surface area contributed by atoms with Crippen molar-refractivity contribution < 1.29 is 24.1 Å². The Morgan fingerprint density at radius 2 is 2.13 bits per heavy atom. The van der Waals surface area contributed by atoms with Gasteiger partial charge in [0, 0.05) is 13.1 Å². The first kappa shape index (κ1) is 21.8. The molecule has 168 valence electrons. The normalized spacial score (nSPS) is 30.4. The molecule has 3 heterocycles. The van der Waals surface area contributed by atoms with Gasteiger partial charge in [0.25, 0.3) is 0 Å². The highest BCUT2D eigenvalue weighted by atomic mass is 16.5. The first-order valence-corrected chi connectivity index (χ1v) is 11.0. The van der Waals surface area contributed by atoms with Gasteiger partial charge in [0.1, 0.15) is 11.4 Å². The third kappa shape index (κ3) is 3.53. The molecule has 0 amide bonds. The molecule has 0 aromatic heterocycles. The molecular formula is C24H32N2O5. The van der Waals surface area contributed by atoms with E-state index in [1.807, 2.05) is 18.2 Å². The highest BCUT2D eigenvalue weighted by Crippen LogP contribution is 2.50. The SMILES string of the molecule is CCC1CN2CC[C@@]3(O)C(=Nc4cccc(OC)c43)C2CCC1/C(=C\OC)C(=O)OC. The quantitative estimate of drug-likeness (QED) is 0.441. The van der Waals surface area contributed by atoms with Crippen molar-refractivity contribution in [1.29, 1.82) is 0 Å². The predicted octanol–water partition coefficient (Wildman–Crippen LogP) is 3.18. The molecule has 31 heavy (non-hydrogen) atoms. The number of carbonyl (C=O) groups excluding carboxylic acids is 1. The first-order valence-electron chi connectivity index (χ1n) is 11.0. The number of hydrogen-bond acceptors (Lipinski definition) is 7. The van der Waals surface area contributed by atoms with Crippen LogP contribution in [0.2, 0.25) is 0 Å². The van der Waals surface area contributed by atoms with E-state index in [0.717, 1.165) is 49.3 Å². The fourth-order valence-electron chi connectivity index (χ4n) is 5.68. The van der Waals surface area contributed by atoms with E-state index in [1.54, 1.807) is 14.2 Å². The van der Waals surface area contributed by atoms with Gasteiger partial charge in [-0.25, -0.2) is 4.79 Å². The van der Waals surface area contributed by atoms with Crippen LogP contribution >= 0.6 is 0 Å². The summed E-state index contributed by atoms with van der Waals surface area (Å²) in [6.07, 6.45) is 4.65. The van der Waals surface area contributed by atoms with Crippen LogP contribution in [0.15, 0.2) is 35.0 Å². The van der Waals surface area contributed by atoms with Crippen molar-refractivity contribution in [3.05, 3.63) is 35.6 Å². The van der Waals surface area contributed by atoms with Gasteiger partial charge in [-0.3, -0.25) is 9.89 Å². The van der Waals surface area contributed by atoms with Gasteiger partial charge >= 0.3 is 5.97 Å². The van der Waals surface area contributed by atoms with Gasteiger partial charge in [0.05, 0.1) is 56.2 Å². The van der Waals surface area contributed by atoms with Crippen LogP contribution in [0.1, 0.15) is 38.2 Å². The average Bonchev–Trinajstić information content (AvgIpc) is 2.97. The van der Waals surface area contributed by atoms with E-state index in [0.29, 0.717) is 17.7 Å². The van der Waals surface area contributed by atoms with E-state index in [2.05, 4.69) is 11.8 Å². The Morgan fingerprint density at radius 1 is 1.32 bits per heavy atom. The van der Waals surface area contributed by atoms with Gasteiger partial charge in [-0.15, -0.1) is 0 Å².